The third-order valence-corrected chi connectivity index (χ3v) is 6.62. The zero-order chi connectivity index (χ0) is 21.5. The van der Waals surface area contributed by atoms with Crippen LogP contribution < -0.4 is 0 Å². The molecular formula is C25H25ClO5. The minimum Gasteiger partial charge on any atom is -0.512 e. The summed E-state index contributed by atoms with van der Waals surface area (Å²) in [4.78, 5) is 13.1. The van der Waals surface area contributed by atoms with Crippen LogP contribution in [0.4, 0.5) is 0 Å². The Kier molecular flexibility index (Phi) is 5.61. The first-order chi connectivity index (χ1) is 15.0. The molecule has 2 fully saturated rings. The Bertz CT molecular complexity index is 1020. The summed E-state index contributed by atoms with van der Waals surface area (Å²) in [6, 6.07) is 13.6. The molecule has 1 N–H and O–H groups in total. The summed E-state index contributed by atoms with van der Waals surface area (Å²) in [6.45, 7) is 3.08. The lowest BCUT2D eigenvalue weighted by molar-refractivity contribution is -0.119. The standard InChI is InChI=1S/C25H25ClO5/c1-14-2-3-17(16-4-6-18(26)7-5-16)11-19(14)25-20(27)8-15(9-21(25)28)10-24-30-22-12-29-13-23(22)31-24/h2-7,11,15,22-24,27H,8-10,12-13H2,1H3/t15?,22-,23+,24?. The van der Waals surface area contributed by atoms with E-state index in [2.05, 4.69) is 0 Å². The number of halogens is 1. The van der Waals surface area contributed by atoms with E-state index in [1.54, 1.807) is 0 Å². The molecule has 0 bridgehead atoms. The summed E-state index contributed by atoms with van der Waals surface area (Å²) in [6.07, 6.45) is 1.06. The summed E-state index contributed by atoms with van der Waals surface area (Å²) < 4.78 is 17.1. The van der Waals surface area contributed by atoms with Gasteiger partial charge in [0.15, 0.2) is 12.1 Å². The second-order valence-electron chi connectivity index (χ2n) is 8.61. The molecule has 6 heteroatoms. The van der Waals surface area contributed by atoms with Gasteiger partial charge in [-0.15, -0.1) is 0 Å². The number of aliphatic hydroxyl groups excluding tert-OH is 1. The number of ketones is 1. The molecule has 0 spiro atoms. The van der Waals surface area contributed by atoms with Gasteiger partial charge in [0.25, 0.3) is 0 Å². The molecule has 0 aromatic heterocycles. The highest BCUT2D eigenvalue weighted by atomic mass is 35.5. The number of benzene rings is 2. The number of hydrogen-bond acceptors (Lipinski definition) is 5. The van der Waals surface area contributed by atoms with E-state index in [1.807, 2.05) is 49.4 Å². The van der Waals surface area contributed by atoms with Crippen molar-refractivity contribution in [2.75, 3.05) is 13.2 Å². The number of aryl methyl sites for hydroxylation is 1. The predicted octanol–water partition coefficient (Wildman–Crippen LogP) is 5.09. The lowest BCUT2D eigenvalue weighted by Gasteiger charge is -2.26. The Morgan fingerprint density at radius 3 is 2.35 bits per heavy atom. The summed E-state index contributed by atoms with van der Waals surface area (Å²) in [7, 11) is 0. The molecule has 2 saturated heterocycles. The van der Waals surface area contributed by atoms with Crippen molar-refractivity contribution in [1.29, 1.82) is 0 Å². The first-order valence-electron chi connectivity index (χ1n) is 10.7. The second kappa shape index (κ2) is 8.40. The fourth-order valence-corrected chi connectivity index (χ4v) is 4.86. The smallest absolute Gasteiger partial charge is 0.167 e. The molecular weight excluding hydrogens is 416 g/mol. The molecule has 5 nitrogen and oxygen atoms in total. The molecule has 1 aliphatic carbocycles. The highest BCUT2D eigenvalue weighted by Crippen LogP contribution is 2.38. The van der Waals surface area contributed by atoms with Crippen molar-refractivity contribution in [2.45, 2.75) is 44.7 Å². The average Bonchev–Trinajstić information content (AvgIpc) is 3.31. The van der Waals surface area contributed by atoms with E-state index < -0.39 is 0 Å². The lowest BCUT2D eigenvalue weighted by Crippen LogP contribution is -2.24. The van der Waals surface area contributed by atoms with Crippen molar-refractivity contribution in [3.63, 3.8) is 0 Å². The monoisotopic (exact) mass is 440 g/mol. The van der Waals surface area contributed by atoms with Crippen molar-refractivity contribution in [3.05, 3.63) is 64.4 Å². The maximum absolute atomic E-state index is 13.1. The normalized spacial score (nSPS) is 28.3. The predicted molar refractivity (Wildman–Crippen MR) is 118 cm³/mol. The van der Waals surface area contributed by atoms with Crippen LogP contribution in [0.2, 0.25) is 5.02 Å². The number of fused-ring (bicyclic) bond motifs is 1. The van der Waals surface area contributed by atoms with Crippen molar-refractivity contribution in [2.24, 2.45) is 5.92 Å². The van der Waals surface area contributed by atoms with E-state index in [-0.39, 0.29) is 36.0 Å². The van der Waals surface area contributed by atoms with E-state index in [0.29, 0.717) is 43.1 Å². The number of rotatable bonds is 4. The summed E-state index contributed by atoms with van der Waals surface area (Å²) in [5.74, 6) is 0.117. The van der Waals surface area contributed by atoms with Crippen molar-refractivity contribution in [1.82, 2.24) is 0 Å². The van der Waals surface area contributed by atoms with Gasteiger partial charge in [-0.3, -0.25) is 4.79 Å². The maximum atomic E-state index is 13.1. The van der Waals surface area contributed by atoms with Gasteiger partial charge >= 0.3 is 0 Å². The quantitative estimate of drug-likeness (QED) is 0.717. The van der Waals surface area contributed by atoms with E-state index in [9.17, 15) is 9.90 Å². The van der Waals surface area contributed by atoms with Crippen LogP contribution in [-0.4, -0.2) is 42.6 Å². The molecule has 2 heterocycles. The Morgan fingerprint density at radius 1 is 1.00 bits per heavy atom. The Labute approximate surface area is 186 Å². The molecule has 2 aliphatic heterocycles. The highest BCUT2D eigenvalue weighted by molar-refractivity contribution is 6.30. The van der Waals surface area contributed by atoms with Crippen LogP contribution in [0.15, 0.2) is 48.2 Å². The molecule has 0 amide bonds. The van der Waals surface area contributed by atoms with Crippen LogP contribution in [0.3, 0.4) is 0 Å². The van der Waals surface area contributed by atoms with Gasteiger partial charge in [0.05, 0.1) is 18.8 Å². The van der Waals surface area contributed by atoms with Gasteiger partial charge in [-0.1, -0.05) is 35.9 Å². The van der Waals surface area contributed by atoms with Crippen LogP contribution in [0, 0.1) is 12.8 Å². The molecule has 2 unspecified atom stereocenters. The largest absolute Gasteiger partial charge is 0.512 e. The molecule has 0 saturated carbocycles. The zero-order valence-corrected chi connectivity index (χ0v) is 18.1. The number of ether oxygens (including phenoxy) is 3. The molecule has 2 aromatic carbocycles. The number of carbonyl (C=O) groups excluding carboxylic acids is 1. The van der Waals surface area contributed by atoms with Crippen LogP contribution >= 0.6 is 11.6 Å². The van der Waals surface area contributed by atoms with Gasteiger partial charge in [-0.2, -0.15) is 0 Å². The van der Waals surface area contributed by atoms with Crippen LogP contribution in [0.25, 0.3) is 16.7 Å². The molecule has 5 rings (SSSR count). The fourth-order valence-electron chi connectivity index (χ4n) is 4.73. The number of hydrogen-bond donors (Lipinski definition) is 1. The van der Waals surface area contributed by atoms with Gasteiger partial charge in [-0.25, -0.2) is 0 Å². The summed E-state index contributed by atoms with van der Waals surface area (Å²) in [5, 5.41) is 11.5. The van der Waals surface area contributed by atoms with Crippen molar-refractivity contribution >= 4 is 23.0 Å². The van der Waals surface area contributed by atoms with Gasteiger partial charge in [0.1, 0.15) is 18.0 Å². The third kappa shape index (κ3) is 4.15. The second-order valence-corrected chi connectivity index (χ2v) is 9.04. The molecule has 162 valence electrons. The van der Waals surface area contributed by atoms with Gasteiger partial charge in [0.2, 0.25) is 0 Å². The Hall–Kier alpha value is -2.18. The zero-order valence-electron chi connectivity index (χ0n) is 17.3. The first kappa shape index (κ1) is 20.7. The van der Waals surface area contributed by atoms with Crippen LogP contribution in [0.1, 0.15) is 30.4 Å². The molecule has 0 radical (unpaired) electrons. The van der Waals surface area contributed by atoms with Gasteiger partial charge < -0.3 is 19.3 Å². The minimum absolute atomic E-state index is 0.000693. The van der Waals surface area contributed by atoms with E-state index >= 15 is 0 Å². The topological polar surface area (TPSA) is 65.0 Å². The number of carbonyl (C=O) groups is 1. The van der Waals surface area contributed by atoms with Gasteiger partial charge in [-0.05, 0) is 53.3 Å². The molecule has 31 heavy (non-hydrogen) atoms. The Morgan fingerprint density at radius 2 is 1.68 bits per heavy atom. The number of Topliss-reactive ketones (excluding diaryl/α,β-unsaturated/α-hetero) is 1. The van der Waals surface area contributed by atoms with E-state index in [4.69, 9.17) is 25.8 Å². The number of aliphatic hydroxyl groups is 1. The van der Waals surface area contributed by atoms with Crippen LogP contribution in [-0.2, 0) is 19.0 Å². The summed E-state index contributed by atoms with van der Waals surface area (Å²) in [5.41, 5.74) is 4.17. The molecule has 4 atom stereocenters. The van der Waals surface area contributed by atoms with E-state index in [1.165, 1.54) is 0 Å². The van der Waals surface area contributed by atoms with Gasteiger partial charge in [0, 0.05) is 24.3 Å². The lowest BCUT2D eigenvalue weighted by atomic mass is 9.81. The molecule has 3 aliphatic rings. The Balaban J connectivity index is 1.36. The van der Waals surface area contributed by atoms with Crippen LogP contribution in [0.5, 0.6) is 0 Å². The SMILES string of the molecule is Cc1ccc(-c2ccc(Cl)cc2)cc1C1=C(O)CC(CC2O[C@H]3COC[C@H]3O2)CC1=O. The first-order valence-corrected chi connectivity index (χ1v) is 11.1. The van der Waals surface area contributed by atoms with Crippen molar-refractivity contribution in [3.8, 4) is 11.1 Å². The average molecular weight is 441 g/mol. The fraction of sp³-hybridized carbons (Fsp3) is 0.400. The number of allylic oxidation sites excluding steroid dienone is 2. The van der Waals surface area contributed by atoms with Crippen molar-refractivity contribution < 1.29 is 24.1 Å². The highest BCUT2D eigenvalue weighted by Gasteiger charge is 2.42. The summed E-state index contributed by atoms with van der Waals surface area (Å²) >= 11 is 6.01. The minimum atomic E-state index is -0.332. The maximum Gasteiger partial charge on any atom is 0.167 e. The third-order valence-electron chi connectivity index (χ3n) is 6.37. The molecule has 2 aromatic rings. The van der Waals surface area contributed by atoms with E-state index in [0.717, 1.165) is 22.3 Å².